The number of nitrogens with one attached hydrogen (secondary N) is 1. The highest BCUT2D eigenvalue weighted by atomic mass is 19.1. The van der Waals surface area contributed by atoms with Gasteiger partial charge in [-0.3, -0.25) is 0 Å². The van der Waals surface area contributed by atoms with Crippen molar-refractivity contribution < 1.29 is 8.78 Å². The average molecular weight is 240 g/mol. The highest BCUT2D eigenvalue weighted by molar-refractivity contribution is 5.18. The predicted molar refractivity (Wildman–Crippen MR) is 63.7 cm³/mol. The molecule has 1 aromatic carbocycles. The van der Waals surface area contributed by atoms with Gasteiger partial charge in [0.1, 0.15) is 11.6 Å². The topological polar surface area (TPSA) is 15.3 Å². The SMILES string of the molecule is CN(Cc1ccc(F)cc1F)CC1CCCN1. The molecule has 1 aliphatic heterocycles. The first-order valence-corrected chi connectivity index (χ1v) is 6.01. The number of likely N-dealkylation sites (N-methyl/N-ethyl adjacent to an activating group) is 1. The summed E-state index contributed by atoms with van der Waals surface area (Å²) in [6.07, 6.45) is 2.39. The Morgan fingerprint density at radius 2 is 2.24 bits per heavy atom. The molecule has 0 saturated carbocycles. The molecular weight excluding hydrogens is 222 g/mol. The molecule has 0 aromatic heterocycles. The maximum absolute atomic E-state index is 13.4. The van der Waals surface area contributed by atoms with Crippen LogP contribution in [0.3, 0.4) is 0 Å². The van der Waals surface area contributed by atoms with Gasteiger partial charge in [0, 0.05) is 30.8 Å². The first-order valence-electron chi connectivity index (χ1n) is 6.01. The van der Waals surface area contributed by atoms with E-state index in [1.807, 2.05) is 7.05 Å². The predicted octanol–water partition coefficient (Wildman–Crippen LogP) is 2.15. The van der Waals surface area contributed by atoms with E-state index in [9.17, 15) is 8.78 Å². The van der Waals surface area contributed by atoms with Gasteiger partial charge in [0.05, 0.1) is 0 Å². The maximum Gasteiger partial charge on any atom is 0.130 e. The molecule has 1 aliphatic rings. The van der Waals surface area contributed by atoms with E-state index in [1.165, 1.54) is 25.0 Å². The summed E-state index contributed by atoms with van der Waals surface area (Å²) in [6.45, 7) is 2.49. The molecule has 94 valence electrons. The Hall–Kier alpha value is -1.00. The van der Waals surface area contributed by atoms with Crippen LogP contribution in [0.4, 0.5) is 8.78 Å². The molecule has 2 rings (SSSR count). The summed E-state index contributed by atoms with van der Waals surface area (Å²) in [4.78, 5) is 2.07. The van der Waals surface area contributed by atoms with E-state index in [1.54, 1.807) is 0 Å². The van der Waals surface area contributed by atoms with Crippen molar-refractivity contribution in [3.8, 4) is 0 Å². The molecule has 1 atom stereocenters. The number of benzene rings is 1. The number of hydrogen-bond donors (Lipinski definition) is 1. The lowest BCUT2D eigenvalue weighted by Gasteiger charge is -2.21. The molecule has 17 heavy (non-hydrogen) atoms. The minimum Gasteiger partial charge on any atom is -0.313 e. The summed E-state index contributed by atoms with van der Waals surface area (Å²) in [6, 6.07) is 4.27. The van der Waals surface area contributed by atoms with Crippen molar-refractivity contribution in [3.05, 3.63) is 35.4 Å². The maximum atomic E-state index is 13.4. The zero-order valence-corrected chi connectivity index (χ0v) is 10.0. The minimum absolute atomic E-state index is 0.462. The van der Waals surface area contributed by atoms with Gasteiger partial charge in [-0.2, -0.15) is 0 Å². The number of nitrogens with zero attached hydrogens (tertiary/aromatic N) is 1. The Kier molecular flexibility index (Phi) is 4.07. The van der Waals surface area contributed by atoms with Crippen molar-refractivity contribution in [1.29, 1.82) is 0 Å². The van der Waals surface area contributed by atoms with Crippen molar-refractivity contribution in [1.82, 2.24) is 10.2 Å². The third-order valence-corrected chi connectivity index (χ3v) is 3.15. The molecule has 1 N–H and O–H groups in total. The van der Waals surface area contributed by atoms with E-state index >= 15 is 0 Å². The van der Waals surface area contributed by atoms with Crippen LogP contribution < -0.4 is 5.32 Å². The molecule has 1 saturated heterocycles. The Balaban J connectivity index is 1.90. The van der Waals surface area contributed by atoms with Gasteiger partial charge in [-0.05, 0) is 32.5 Å². The largest absolute Gasteiger partial charge is 0.313 e. The molecule has 2 nitrogen and oxygen atoms in total. The van der Waals surface area contributed by atoms with Crippen LogP contribution in [0.25, 0.3) is 0 Å². The summed E-state index contributed by atoms with van der Waals surface area (Å²) < 4.78 is 26.2. The van der Waals surface area contributed by atoms with E-state index < -0.39 is 11.6 Å². The summed E-state index contributed by atoms with van der Waals surface area (Å²) in [5.74, 6) is -0.984. The lowest BCUT2D eigenvalue weighted by Crippen LogP contribution is -2.35. The fraction of sp³-hybridized carbons (Fsp3) is 0.538. The second-order valence-corrected chi connectivity index (χ2v) is 4.73. The van der Waals surface area contributed by atoms with E-state index in [-0.39, 0.29) is 0 Å². The first kappa shape index (κ1) is 12.5. The lowest BCUT2D eigenvalue weighted by molar-refractivity contribution is 0.289. The van der Waals surface area contributed by atoms with Gasteiger partial charge >= 0.3 is 0 Å². The normalized spacial score (nSPS) is 20.1. The molecule has 1 unspecified atom stereocenters. The fourth-order valence-corrected chi connectivity index (χ4v) is 2.29. The highest BCUT2D eigenvalue weighted by Gasteiger charge is 2.16. The molecule has 0 radical (unpaired) electrons. The van der Waals surface area contributed by atoms with Crippen LogP contribution >= 0.6 is 0 Å². The van der Waals surface area contributed by atoms with E-state index in [0.29, 0.717) is 18.2 Å². The van der Waals surface area contributed by atoms with Gasteiger partial charge in [-0.25, -0.2) is 8.78 Å². The Bertz CT molecular complexity index is 376. The van der Waals surface area contributed by atoms with Crippen LogP contribution in [0.15, 0.2) is 18.2 Å². The van der Waals surface area contributed by atoms with Crippen LogP contribution in [0, 0.1) is 11.6 Å². The second kappa shape index (κ2) is 5.56. The fourth-order valence-electron chi connectivity index (χ4n) is 2.29. The standard InChI is InChI=1S/C13H18F2N2/c1-17(9-12-3-2-6-16-12)8-10-4-5-11(14)7-13(10)15/h4-5,7,12,16H,2-3,6,8-9H2,1H3. The molecule has 1 fully saturated rings. The quantitative estimate of drug-likeness (QED) is 0.867. The monoisotopic (exact) mass is 240 g/mol. The third kappa shape index (κ3) is 3.48. The van der Waals surface area contributed by atoms with E-state index in [4.69, 9.17) is 0 Å². The van der Waals surface area contributed by atoms with Crippen LogP contribution in [0.2, 0.25) is 0 Å². The Labute approximate surface area is 101 Å². The highest BCUT2D eigenvalue weighted by Crippen LogP contribution is 2.13. The smallest absolute Gasteiger partial charge is 0.130 e. The summed E-state index contributed by atoms with van der Waals surface area (Å²) in [5.41, 5.74) is 0.548. The summed E-state index contributed by atoms with van der Waals surface area (Å²) >= 11 is 0. The number of halogens is 2. The van der Waals surface area contributed by atoms with Gasteiger partial charge in [-0.15, -0.1) is 0 Å². The zero-order chi connectivity index (χ0) is 12.3. The molecule has 1 heterocycles. The minimum atomic E-state index is -0.522. The van der Waals surface area contributed by atoms with Crippen molar-refractivity contribution in [2.45, 2.75) is 25.4 Å². The van der Waals surface area contributed by atoms with Gasteiger partial charge in [0.15, 0.2) is 0 Å². The van der Waals surface area contributed by atoms with Crippen LogP contribution in [0.1, 0.15) is 18.4 Å². The van der Waals surface area contributed by atoms with Crippen molar-refractivity contribution in [3.63, 3.8) is 0 Å². The van der Waals surface area contributed by atoms with E-state index in [2.05, 4.69) is 10.2 Å². The van der Waals surface area contributed by atoms with Gasteiger partial charge < -0.3 is 10.2 Å². The zero-order valence-electron chi connectivity index (χ0n) is 10.0. The average Bonchev–Trinajstić information content (AvgIpc) is 2.75. The molecular formula is C13H18F2N2. The van der Waals surface area contributed by atoms with Crippen LogP contribution in [-0.4, -0.2) is 31.1 Å². The third-order valence-electron chi connectivity index (χ3n) is 3.15. The first-order chi connectivity index (χ1) is 8.15. The molecule has 4 heteroatoms. The van der Waals surface area contributed by atoms with Crippen LogP contribution in [0.5, 0.6) is 0 Å². The van der Waals surface area contributed by atoms with Crippen molar-refractivity contribution >= 4 is 0 Å². The molecule has 1 aromatic rings. The molecule has 0 spiro atoms. The lowest BCUT2D eigenvalue weighted by atomic mass is 10.1. The molecule has 0 aliphatic carbocycles. The molecule has 0 amide bonds. The summed E-state index contributed by atoms with van der Waals surface area (Å²) in [5, 5.41) is 3.40. The van der Waals surface area contributed by atoms with Crippen molar-refractivity contribution in [2.24, 2.45) is 0 Å². The van der Waals surface area contributed by atoms with Gasteiger partial charge in [0.25, 0.3) is 0 Å². The van der Waals surface area contributed by atoms with E-state index in [0.717, 1.165) is 19.2 Å². The van der Waals surface area contributed by atoms with Gasteiger partial charge in [0.2, 0.25) is 0 Å². The summed E-state index contributed by atoms with van der Waals surface area (Å²) in [7, 11) is 1.96. The molecule has 0 bridgehead atoms. The Morgan fingerprint density at radius 1 is 1.41 bits per heavy atom. The Morgan fingerprint density at radius 3 is 2.88 bits per heavy atom. The number of rotatable bonds is 4. The van der Waals surface area contributed by atoms with Crippen molar-refractivity contribution in [2.75, 3.05) is 20.1 Å². The number of hydrogen-bond acceptors (Lipinski definition) is 2. The second-order valence-electron chi connectivity index (χ2n) is 4.73. The van der Waals surface area contributed by atoms with Gasteiger partial charge in [-0.1, -0.05) is 6.07 Å². The van der Waals surface area contributed by atoms with Crippen LogP contribution in [-0.2, 0) is 6.54 Å².